The number of hydrogen-bond acceptors (Lipinski definition) is 7. The van der Waals surface area contributed by atoms with Gasteiger partial charge in [0, 0.05) is 11.5 Å². The van der Waals surface area contributed by atoms with E-state index in [0.29, 0.717) is 39.7 Å². The van der Waals surface area contributed by atoms with Gasteiger partial charge in [-0.15, -0.1) is 0 Å². The van der Waals surface area contributed by atoms with Crippen LogP contribution in [0.4, 0.5) is 0 Å². The Kier molecular flexibility index (Phi) is 5.01. The molecule has 2 aliphatic rings. The highest BCUT2D eigenvalue weighted by atomic mass is 16.5. The smallest absolute Gasteiger partial charge is 0.312 e. The van der Waals surface area contributed by atoms with Crippen LogP contribution in [0.3, 0.4) is 0 Å². The fraction of sp³-hybridized carbons (Fsp3) is 0.154. The van der Waals surface area contributed by atoms with Gasteiger partial charge in [-0.3, -0.25) is 9.59 Å². The van der Waals surface area contributed by atoms with Crippen LogP contribution in [0.2, 0.25) is 0 Å². The van der Waals surface area contributed by atoms with Crippen LogP contribution < -0.4 is 18.9 Å². The third-order valence-corrected chi connectivity index (χ3v) is 5.78. The normalized spacial score (nSPS) is 17.8. The molecule has 0 saturated heterocycles. The molecule has 1 atom stereocenters. The van der Waals surface area contributed by atoms with E-state index in [-0.39, 0.29) is 35.6 Å². The monoisotopic (exact) mass is 444 g/mol. The molecule has 0 amide bonds. The summed E-state index contributed by atoms with van der Waals surface area (Å²) >= 11 is 0. The minimum absolute atomic E-state index is 0.0977. The summed E-state index contributed by atoms with van der Waals surface area (Å²) in [4.78, 5) is 25.4. The number of allylic oxidation sites excluding steroid dienone is 1. The van der Waals surface area contributed by atoms with E-state index in [2.05, 4.69) is 0 Å². The van der Waals surface area contributed by atoms with Crippen molar-refractivity contribution < 1.29 is 33.6 Å². The van der Waals surface area contributed by atoms with Gasteiger partial charge in [-0.05, 0) is 53.6 Å². The molecule has 33 heavy (non-hydrogen) atoms. The minimum atomic E-state index is -0.370. The van der Waals surface area contributed by atoms with E-state index in [1.165, 1.54) is 0 Å². The number of ether oxygens (including phenoxy) is 4. The number of carbonyl (C=O) groups is 2. The Morgan fingerprint density at radius 2 is 1.70 bits per heavy atom. The van der Waals surface area contributed by atoms with E-state index in [4.69, 9.17) is 18.9 Å². The van der Waals surface area contributed by atoms with Crippen molar-refractivity contribution in [2.75, 3.05) is 14.2 Å². The number of hydrogen-bond donors (Lipinski definition) is 1. The van der Waals surface area contributed by atoms with Crippen molar-refractivity contribution >= 4 is 17.8 Å². The average Bonchev–Trinajstić information content (AvgIpc) is 3.14. The number of esters is 1. The molecule has 2 heterocycles. The molecule has 0 radical (unpaired) electrons. The Balaban J connectivity index is 1.57. The zero-order chi connectivity index (χ0) is 23.1. The molecule has 2 aliphatic heterocycles. The third-order valence-electron chi connectivity index (χ3n) is 5.78. The van der Waals surface area contributed by atoms with Gasteiger partial charge in [0.25, 0.3) is 0 Å². The maximum Gasteiger partial charge on any atom is 0.312 e. The molecule has 3 aromatic carbocycles. The first-order chi connectivity index (χ1) is 16.0. The van der Waals surface area contributed by atoms with Crippen LogP contribution in [0, 0.1) is 0 Å². The van der Waals surface area contributed by atoms with E-state index < -0.39 is 0 Å². The summed E-state index contributed by atoms with van der Waals surface area (Å²) in [6.07, 6.45) is 1.74. The van der Waals surface area contributed by atoms with Gasteiger partial charge in [-0.1, -0.05) is 18.2 Å². The van der Waals surface area contributed by atoms with Gasteiger partial charge in [-0.2, -0.15) is 0 Å². The Morgan fingerprint density at radius 3 is 2.42 bits per heavy atom. The first-order valence-electron chi connectivity index (χ1n) is 10.3. The zero-order valence-electron chi connectivity index (χ0n) is 18.0. The second-order valence-corrected chi connectivity index (χ2v) is 7.73. The van der Waals surface area contributed by atoms with Crippen LogP contribution in [0.1, 0.15) is 39.4 Å². The fourth-order valence-electron chi connectivity index (χ4n) is 4.19. The standard InChI is InChI=1S/C26H20O7/c1-30-19-9-3-14(11-21(19)31-2)12-22-25(29)17-8-10-20-24(26(17)33-22)18(13-23(28)32-20)15-4-6-16(27)7-5-15/h3-12,18,27H,13H2,1-2H3/b22-12-/t18-/m1/s1. The largest absolute Gasteiger partial charge is 0.508 e. The topological polar surface area (TPSA) is 91.3 Å². The highest BCUT2D eigenvalue weighted by molar-refractivity contribution is 6.15. The number of aromatic hydroxyl groups is 1. The number of fused-ring (bicyclic) bond motifs is 3. The van der Waals surface area contributed by atoms with Crippen LogP contribution in [0.5, 0.6) is 28.7 Å². The zero-order valence-corrected chi connectivity index (χ0v) is 18.0. The number of phenolic OH excluding ortho intramolecular Hbond substituents is 1. The van der Waals surface area contributed by atoms with Crippen LogP contribution in [-0.2, 0) is 4.79 Å². The first kappa shape index (κ1) is 20.6. The number of carbonyl (C=O) groups excluding carboxylic acids is 2. The molecule has 3 aromatic rings. The quantitative estimate of drug-likeness (QED) is 0.361. The molecule has 5 rings (SSSR count). The molecule has 0 aromatic heterocycles. The first-order valence-corrected chi connectivity index (χ1v) is 10.3. The number of phenols is 1. The van der Waals surface area contributed by atoms with Crippen molar-refractivity contribution in [2.45, 2.75) is 12.3 Å². The van der Waals surface area contributed by atoms with E-state index in [0.717, 1.165) is 5.56 Å². The summed E-state index contributed by atoms with van der Waals surface area (Å²) in [5.74, 6) is 1.15. The van der Waals surface area contributed by atoms with Gasteiger partial charge < -0.3 is 24.1 Å². The molecule has 0 bridgehead atoms. The third kappa shape index (κ3) is 3.57. The average molecular weight is 444 g/mol. The lowest BCUT2D eigenvalue weighted by Gasteiger charge is -2.26. The van der Waals surface area contributed by atoms with Crippen molar-refractivity contribution in [3.63, 3.8) is 0 Å². The van der Waals surface area contributed by atoms with Crippen molar-refractivity contribution in [3.8, 4) is 28.7 Å². The lowest BCUT2D eigenvalue weighted by Crippen LogP contribution is -2.21. The Morgan fingerprint density at radius 1 is 0.939 bits per heavy atom. The predicted molar refractivity (Wildman–Crippen MR) is 119 cm³/mol. The molecular weight excluding hydrogens is 424 g/mol. The van der Waals surface area contributed by atoms with Crippen molar-refractivity contribution in [3.05, 3.63) is 82.6 Å². The Bertz CT molecular complexity index is 1300. The Labute approximate surface area is 189 Å². The van der Waals surface area contributed by atoms with Gasteiger partial charge >= 0.3 is 5.97 Å². The van der Waals surface area contributed by atoms with Crippen molar-refractivity contribution in [1.29, 1.82) is 0 Å². The summed E-state index contributed by atoms with van der Waals surface area (Å²) in [5, 5.41) is 9.65. The van der Waals surface area contributed by atoms with Crippen LogP contribution in [0.15, 0.2) is 60.4 Å². The molecule has 0 saturated carbocycles. The summed E-state index contributed by atoms with van der Waals surface area (Å²) in [5.41, 5.74) is 2.57. The maximum atomic E-state index is 13.1. The van der Waals surface area contributed by atoms with Gasteiger partial charge in [0.2, 0.25) is 5.78 Å². The van der Waals surface area contributed by atoms with E-state index in [9.17, 15) is 14.7 Å². The van der Waals surface area contributed by atoms with Crippen molar-refractivity contribution in [2.24, 2.45) is 0 Å². The van der Waals surface area contributed by atoms with Gasteiger partial charge in [0.05, 0.1) is 26.2 Å². The molecule has 0 fully saturated rings. The summed E-state index contributed by atoms with van der Waals surface area (Å²) in [6.45, 7) is 0. The number of ketones is 1. The number of methoxy groups -OCH3 is 2. The second-order valence-electron chi connectivity index (χ2n) is 7.73. The van der Waals surface area contributed by atoms with E-state index >= 15 is 0 Å². The summed E-state index contributed by atoms with van der Waals surface area (Å²) in [7, 11) is 3.09. The number of rotatable bonds is 4. The van der Waals surface area contributed by atoms with Crippen molar-refractivity contribution in [1.82, 2.24) is 0 Å². The number of benzene rings is 3. The summed E-state index contributed by atoms with van der Waals surface area (Å²) < 4.78 is 22.1. The highest BCUT2D eigenvalue weighted by Crippen LogP contribution is 2.49. The Hall–Kier alpha value is -4.26. The molecule has 7 nitrogen and oxygen atoms in total. The molecule has 1 N–H and O–H groups in total. The molecule has 7 heteroatoms. The highest BCUT2D eigenvalue weighted by Gasteiger charge is 2.38. The lowest BCUT2D eigenvalue weighted by atomic mass is 9.84. The van der Waals surface area contributed by atoms with Crippen LogP contribution in [-0.4, -0.2) is 31.1 Å². The maximum absolute atomic E-state index is 13.1. The predicted octanol–water partition coefficient (Wildman–Crippen LogP) is 4.47. The van der Waals surface area contributed by atoms with Gasteiger partial charge in [0.15, 0.2) is 17.3 Å². The minimum Gasteiger partial charge on any atom is -0.508 e. The lowest BCUT2D eigenvalue weighted by molar-refractivity contribution is -0.135. The van der Waals surface area contributed by atoms with E-state index in [1.807, 2.05) is 0 Å². The fourth-order valence-corrected chi connectivity index (χ4v) is 4.19. The van der Waals surface area contributed by atoms with Crippen LogP contribution in [0.25, 0.3) is 6.08 Å². The van der Waals surface area contributed by atoms with Gasteiger partial charge in [-0.25, -0.2) is 0 Å². The molecule has 0 aliphatic carbocycles. The molecule has 0 spiro atoms. The molecule has 166 valence electrons. The molecule has 0 unspecified atom stereocenters. The second kappa shape index (κ2) is 8.02. The SMILES string of the molecule is COc1ccc(/C=C2\Oc3c(ccc4c3[C@@H](c3ccc(O)cc3)CC(=O)O4)C2=O)cc1OC. The van der Waals surface area contributed by atoms with Crippen LogP contribution >= 0.6 is 0 Å². The van der Waals surface area contributed by atoms with Gasteiger partial charge in [0.1, 0.15) is 17.2 Å². The molecular formula is C26H20O7. The summed E-state index contributed by atoms with van der Waals surface area (Å²) in [6, 6.07) is 15.2. The number of Topliss-reactive ketones (excluding diaryl/α,β-unsaturated/α-hetero) is 1. The van der Waals surface area contributed by atoms with E-state index in [1.54, 1.807) is 74.9 Å².